The van der Waals surface area contributed by atoms with Gasteiger partial charge in [-0.05, 0) is 0 Å². The smallest absolute Gasteiger partial charge is 1.00 e. The Labute approximate surface area is 100 Å². The Bertz CT molecular complexity index is 259. The first-order valence-electron chi connectivity index (χ1n) is 1.38. The summed E-state index contributed by atoms with van der Waals surface area (Å²) in [5.74, 6) is 0. The third-order valence-electron chi connectivity index (χ3n) is 0.199. The van der Waals surface area contributed by atoms with Crippen molar-refractivity contribution in [2.45, 2.75) is 0 Å². The van der Waals surface area contributed by atoms with Gasteiger partial charge in [-0.25, -0.2) is 0 Å². The second-order valence-corrected chi connectivity index (χ2v) is 3.38. The molecule has 60 valence electrons. The van der Waals surface area contributed by atoms with E-state index in [-0.39, 0.29) is 55.4 Å². The first-order valence-corrected chi connectivity index (χ1v) is 4.15. The van der Waals surface area contributed by atoms with Crippen molar-refractivity contribution in [3.8, 4) is 0 Å². The molecule has 0 rings (SSSR count). The van der Waals surface area contributed by atoms with Crippen molar-refractivity contribution in [3.63, 3.8) is 0 Å². The SMILES string of the molecule is O=S(=O)(F)NS(=O)(=O)F.[H-].[H-].[Li+].[Na+]. The third-order valence-corrected chi connectivity index (χ3v) is 1.79. The van der Waals surface area contributed by atoms with Crippen LogP contribution < -0.4 is 52.5 Å². The first kappa shape index (κ1) is 18.2. The van der Waals surface area contributed by atoms with Crippen LogP contribution in [0.15, 0.2) is 0 Å². The summed E-state index contributed by atoms with van der Waals surface area (Å²) >= 11 is 0. The molecule has 0 aliphatic heterocycles. The Morgan fingerprint density at radius 3 is 1.18 bits per heavy atom. The molecule has 0 spiro atoms. The normalized spacial score (nSPS) is 11.1. The molecule has 0 bridgehead atoms. The zero-order valence-corrected chi connectivity index (χ0v) is 9.34. The first-order chi connectivity index (χ1) is 3.71. The number of halogens is 2. The fourth-order valence-corrected chi connectivity index (χ4v) is 1.07. The molecule has 0 aromatic heterocycles. The van der Waals surface area contributed by atoms with Gasteiger partial charge in [0.15, 0.2) is 0 Å². The topological polar surface area (TPSA) is 80.3 Å². The molecule has 0 aliphatic carbocycles. The van der Waals surface area contributed by atoms with Crippen LogP contribution in [0.3, 0.4) is 0 Å². The van der Waals surface area contributed by atoms with E-state index in [9.17, 15) is 24.6 Å². The fraction of sp³-hybridized carbons (Fsp3) is 0. The minimum absolute atomic E-state index is 0. The Morgan fingerprint density at radius 1 is 1.00 bits per heavy atom. The second kappa shape index (κ2) is 5.88. The maximum Gasteiger partial charge on any atom is 1.00 e. The molecule has 0 radical (unpaired) electrons. The Balaban J connectivity index is -0.0000000533. The molecule has 11 heteroatoms. The number of rotatable bonds is 2. The van der Waals surface area contributed by atoms with Crippen molar-refractivity contribution in [1.29, 1.82) is 0 Å². The Hall–Kier alpha value is 1.32. The summed E-state index contributed by atoms with van der Waals surface area (Å²) < 4.78 is 59.3. The van der Waals surface area contributed by atoms with Gasteiger partial charge in [-0.3, -0.25) is 0 Å². The van der Waals surface area contributed by atoms with Gasteiger partial charge in [0.2, 0.25) is 0 Å². The van der Waals surface area contributed by atoms with Gasteiger partial charge in [-0.15, -0.1) is 0 Å². The molecule has 0 unspecified atom stereocenters. The maximum atomic E-state index is 11.1. The van der Waals surface area contributed by atoms with Crippen molar-refractivity contribution in [1.82, 2.24) is 4.13 Å². The van der Waals surface area contributed by atoms with Crippen LogP contribution in [-0.4, -0.2) is 16.8 Å². The van der Waals surface area contributed by atoms with Crippen molar-refractivity contribution in [2.24, 2.45) is 0 Å². The maximum absolute atomic E-state index is 11.1. The third kappa shape index (κ3) is 18.3. The largest absolute Gasteiger partial charge is 1.00 e. The molecule has 0 aromatic carbocycles. The average Bonchev–Trinajstić information content (AvgIpc) is 1.14. The van der Waals surface area contributed by atoms with Crippen molar-refractivity contribution >= 4 is 20.8 Å². The molecule has 0 aliphatic rings. The van der Waals surface area contributed by atoms with E-state index in [1.165, 1.54) is 0 Å². The van der Waals surface area contributed by atoms with E-state index >= 15 is 0 Å². The van der Waals surface area contributed by atoms with E-state index < -0.39 is 20.8 Å². The molecule has 0 saturated carbocycles. The monoisotopic (exact) mass is 213 g/mol. The van der Waals surface area contributed by atoms with E-state index in [1.807, 2.05) is 0 Å². The van der Waals surface area contributed by atoms with Gasteiger partial charge in [-0.2, -0.15) is 16.8 Å². The summed E-state index contributed by atoms with van der Waals surface area (Å²) in [5, 5.41) is 0. The fourth-order valence-electron chi connectivity index (χ4n) is 0.119. The predicted octanol–water partition coefficient (Wildman–Crippen LogP) is -6.76. The Morgan fingerprint density at radius 2 is 1.18 bits per heavy atom. The molecule has 0 aromatic rings. The van der Waals surface area contributed by atoms with Gasteiger partial charge in [0.1, 0.15) is 0 Å². The molecular weight excluding hydrogens is 210 g/mol. The van der Waals surface area contributed by atoms with E-state index in [0.717, 1.165) is 0 Å². The standard InChI is InChI=1S/F2HNO4S2.Li.Na.2H/c1-8(4,5)3-9(2,6)7;;;;/h3H;;;;/q;2*+1;2*-1. The summed E-state index contributed by atoms with van der Waals surface area (Å²) in [6.45, 7) is 0. The van der Waals surface area contributed by atoms with E-state index in [2.05, 4.69) is 0 Å². The molecule has 0 fully saturated rings. The van der Waals surface area contributed by atoms with Gasteiger partial charge in [0.25, 0.3) is 0 Å². The van der Waals surface area contributed by atoms with Crippen LogP contribution in [0.1, 0.15) is 2.85 Å². The molecule has 0 atom stereocenters. The van der Waals surface area contributed by atoms with E-state index in [1.54, 1.807) is 0 Å². The van der Waals surface area contributed by atoms with E-state index in [0.29, 0.717) is 0 Å². The van der Waals surface area contributed by atoms with Crippen molar-refractivity contribution in [3.05, 3.63) is 0 Å². The molecule has 0 saturated heterocycles. The zero-order chi connectivity index (χ0) is 7.71. The van der Waals surface area contributed by atoms with Crippen LogP contribution in [0.2, 0.25) is 0 Å². The number of hydrogen-bond acceptors (Lipinski definition) is 4. The van der Waals surface area contributed by atoms with Gasteiger partial charge in [-0.1, -0.05) is 11.9 Å². The Kier molecular flexibility index (Phi) is 9.71. The van der Waals surface area contributed by atoms with Crippen molar-refractivity contribution < 1.29 is 75.9 Å². The number of hydrogen-bond donors (Lipinski definition) is 1. The summed E-state index contributed by atoms with van der Waals surface area (Å²) in [4.78, 5) is 0. The van der Waals surface area contributed by atoms with Gasteiger partial charge in [0, 0.05) is 0 Å². The number of nitrogens with one attached hydrogen (secondary N) is 1. The van der Waals surface area contributed by atoms with Crippen LogP contribution in [0.4, 0.5) is 7.77 Å². The van der Waals surface area contributed by atoms with Crippen LogP contribution >= 0.6 is 0 Å². The summed E-state index contributed by atoms with van der Waals surface area (Å²) in [7, 11) is -11.0. The zero-order valence-electron chi connectivity index (χ0n) is 7.71. The quantitative estimate of drug-likeness (QED) is 0.365. The minimum Gasteiger partial charge on any atom is -1.00 e. The summed E-state index contributed by atoms with van der Waals surface area (Å²) in [6.07, 6.45) is 0. The van der Waals surface area contributed by atoms with Crippen LogP contribution in [0, 0.1) is 0 Å². The van der Waals surface area contributed by atoms with Crippen LogP contribution in [-0.2, 0) is 20.8 Å². The molecule has 0 amide bonds. The predicted molar refractivity (Wildman–Crippen MR) is 25.4 cm³/mol. The average molecular weight is 213 g/mol. The van der Waals surface area contributed by atoms with Gasteiger partial charge >= 0.3 is 69.2 Å². The molecule has 5 nitrogen and oxygen atoms in total. The molecule has 1 N–H and O–H groups in total. The molecular formula is H3F2LiNNaO4S2. The van der Waals surface area contributed by atoms with Crippen molar-refractivity contribution in [2.75, 3.05) is 0 Å². The summed E-state index contributed by atoms with van der Waals surface area (Å²) in [5.41, 5.74) is 0. The summed E-state index contributed by atoms with van der Waals surface area (Å²) in [6, 6.07) is 0. The van der Waals surface area contributed by atoms with E-state index in [4.69, 9.17) is 0 Å². The van der Waals surface area contributed by atoms with Gasteiger partial charge < -0.3 is 2.85 Å². The van der Waals surface area contributed by atoms with Crippen LogP contribution in [0.5, 0.6) is 0 Å². The molecule has 0 heterocycles. The van der Waals surface area contributed by atoms with Gasteiger partial charge in [0.05, 0.1) is 0 Å². The molecule has 11 heavy (non-hydrogen) atoms. The minimum atomic E-state index is -5.49. The van der Waals surface area contributed by atoms with Crippen LogP contribution in [0.25, 0.3) is 0 Å². The second-order valence-electron chi connectivity index (χ2n) is 0.959.